The summed E-state index contributed by atoms with van der Waals surface area (Å²) in [7, 11) is 0. The Morgan fingerprint density at radius 1 is 1.48 bits per heavy atom. The summed E-state index contributed by atoms with van der Waals surface area (Å²) in [6.45, 7) is 3.09. The van der Waals surface area contributed by atoms with E-state index in [2.05, 4.69) is 15.6 Å². The molecule has 1 heterocycles. The Bertz CT molecular complexity index is 527. The van der Waals surface area contributed by atoms with Crippen LogP contribution in [0.25, 0.3) is 0 Å². The zero-order chi connectivity index (χ0) is 15.2. The number of carbonyl (C=O) groups is 1. The first-order chi connectivity index (χ1) is 10.1. The average molecular weight is 292 g/mol. The zero-order valence-electron chi connectivity index (χ0n) is 12.1. The van der Waals surface area contributed by atoms with E-state index < -0.39 is 4.92 Å². The molecule has 1 saturated carbocycles. The molecule has 1 aliphatic rings. The van der Waals surface area contributed by atoms with E-state index in [0.29, 0.717) is 24.8 Å². The number of aromatic nitrogens is 1. The highest BCUT2D eigenvalue weighted by molar-refractivity contribution is 5.99. The van der Waals surface area contributed by atoms with Crippen LogP contribution in [0, 0.1) is 16.0 Å². The molecule has 7 nitrogen and oxygen atoms in total. The van der Waals surface area contributed by atoms with Crippen molar-refractivity contribution in [3.8, 4) is 0 Å². The number of nitro groups is 1. The number of carbonyl (C=O) groups excluding carboxylic acids is 1. The number of amides is 1. The van der Waals surface area contributed by atoms with Crippen molar-refractivity contribution in [2.24, 2.45) is 5.92 Å². The topological polar surface area (TPSA) is 97.2 Å². The molecular weight excluding hydrogens is 272 g/mol. The lowest BCUT2D eigenvalue weighted by atomic mass is 10.1. The van der Waals surface area contributed by atoms with Crippen LogP contribution in [0.3, 0.4) is 0 Å². The third-order valence-corrected chi connectivity index (χ3v) is 3.70. The second kappa shape index (κ2) is 7.01. The fourth-order valence-corrected chi connectivity index (χ4v) is 2.58. The van der Waals surface area contributed by atoms with Gasteiger partial charge in [-0.1, -0.05) is 12.8 Å². The maximum Gasteiger partial charge on any atom is 0.288 e. The van der Waals surface area contributed by atoms with E-state index >= 15 is 0 Å². The second-order valence-electron chi connectivity index (χ2n) is 5.24. The summed E-state index contributed by atoms with van der Waals surface area (Å²) in [5.41, 5.74) is 0.0479. The van der Waals surface area contributed by atoms with E-state index in [-0.39, 0.29) is 17.2 Å². The molecule has 0 spiro atoms. The number of hydrogen-bond donors (Lipinski definition) is 2. The molecule has 114 valence electrons. The molecule has 21 heavy (non-hydrogen) atoms. The number of rotatable bonds is 6. The van der Waals surface area contributed by atoms with Gasteiger partial charge in [0.15, 0.2) is 0 Å². The highest BCUT2D eigenvalue weighted by Gasteiger charge is 2.20. The smallest absolute Gasteiger partial charge is 0.288 e. The Morgan fingerprint density at radius 3 is 2.81 bits per heavy atom. The number of anilines is 1. The van der Waals surface area contributed by atoms with E-state index in [9.17, 15) is 14.9 Å². The van der Waals surface area contributed by atoms with Crippen molar-refractivity contribution in [1.82, 2.24) is 10.3 Å². The highest BCUT2D eigenvalue weighted by atomic mass is 16.6. The van der Waals surface area contributed by atoms with Gasteiger partial charge in [-0.2, -0.15) is 0 Å². The van der Waals surface area contributed by atoms with Gasteiger partial charge < -0.3 is 10.6 Å². The lowest BCUT2D eigenvalue weighted by Crippen LogP contribution is -2.29. The first kappa shape index (κ1) is 15.2. The molecule has 2 rings (SSSR count). The molecule has 0 aromatic carbocycles. The van der Waals surface area contributed by atoms with Crippen molar-refractivity contribution >= 4 is 17.4 Å². The van der Waals surface area contributed by atoms with Crippen LogP contribution in [0.4, 0.5) is 11.5 Å². The van der Waals surface area contributed by atoms with Crippen molar-refractivity contribution in [2.45, 2.75) is 32.6 Å². The van der Waals surface area contributed by atoms with Crippen LogP contribution in [-0.4, -0.2) is 28.9 Å². The van der Waals surface area contributed by atoms with Crippen molar-refractivity contribution in [1.29, 1.82) is 0 Å². The summed E-state index contributed by atoms with van der Waals surface area (Å²) < 4.78 is 0. The molecule has 1 aliphatic carbocycles. The average Bonchev–Trinajstić information content (AvgIpc) is 2.98. The molecule has 2 N–H and O–H groups in total. The number of nitrogens with zero attached hydrogens (tertiary/aromatic N) is 2. The summed E-state index contributed by atoms with van der Waals surface area (Å²) >= 11 is 0. The van der Waals surface area contributed by atoms with Gasteiger partial charge in [-0.15, -0.1) is 0 Å². The van der Waals surface area contributed by atoms with Gasteiger partial charge in [0.1, 0.15) is 12.0 Å². The zero-order valence-corrected chi connectivity index (χ0v) is 12.1. The SMILES string of the molecule is CCNc1ncc([N+](=O)[O-])cc1C(=O)NCC1CCCC1. The van der Waals surface area contributed by atoms with Crippen LogP contribution in [0.15, 0.2) is 12.3 Å². The lowest BCUT2D eigenvalue weighted by Gasteiger charge is -2.13. The summed E-state index contributed by atoms with van der Waals surface area (Å²) in [5, 5.41) is 16.6. The van der Waals surface area contributed by atoms with Gasteiger partial charge in [-0.3, -0.25) is 14.9 Å². The third kappa shape index (κ3) is 3.90. The minimum absolute atomic E-state index is 0.178. The van der Waals surface area contributed by atoms with Gasteiger partial charge in [0.2, 0.25) is 0 Å². The summed E-state index contributed by atoms with van der Waals surface area (Å²) in [5.74, 6) is 0.587. The Morgan fingerprint density at radius 2 is 2.19 bits per heavy atom. The molecule has 0 unspecified atom stereocenters. The number of pyridine rings is 1. The van der Waals surface area contributed by atoms with Gasteiger partial charge in [0, 0.05) is 19.2 Å². The maximum absolute atomic E-state index is 12.3. The third-order valence-electron chi connectivity index (χ3n) is 3.70. The second-order valence-corrected chi connectivity index (χ2v) is 5.24. The minimum Gasteiger partial charge on any atom is -0.370 e. The molecule has 0 radical (unpaired) electrons. The number of hydrogen-bond acceptors (Lipinski definition) is 5. The Kier molecular flexibility index (Phi) is 5.08. The molecule has 1 fully saturated rings. The minimum atomic E-state index is -0.545. The van der Waals surface area contributed by atoms with Crippen LogP contribution >= 0.6 is 0 Å². The van der Waals surface area contributed by atoms with Crippen LogP contribution in [0.5, 0.6) is 0 Å². The van der Waals surface area contributed by atoms with E-state index in [1.165, 1.54) is 18.9 Å². The molecule has 0 atom stereocenters. The molecular formula is C14H20N4O3. The standard InChI is InChI=1S/C14H20N4O3/c1-2-15-13-12(7-11(9-16-13)18(20)21)14(19)17-8-10-5-3-4-6-10/h7,9-10H,2-6,8H2,1H3,(H,15,16)(H,17,19). The van der Waals surface area contributed by atoms with Crippen molar-refractivity contribution in [3.05, 3.63) is 27.9 Å². The summed E-state index contributed by atoms with van der Waals surface area (Å²) in [4.78, 5) is 26.5. The Hall–Kier alpha value is -2.18. The van der Waals surface area contributed by atoms with Gasteiger partial charge in [-0.25, -0.2) is 4.98 Å². The quantitative estimate of drug-likeness (QED) is 0.619. The van der Waals surface area contributed by atoms with Gasteiger partial charge in [-0.05, 0) is 25.7 Å². The van der Waals surface area contributed by atoms with Crippen molar-refractivity contribution in [2.75, 3.05) is 18.4 Å². The van der Waals surface area contributed by atoms with E-state index in [1.807, 2.05) is 6.92 Å². The van der Waals surface area contributed by atoms with Crippen LogP contribution in [-0.2, 0) is 0 Å². The van der Waals surface area contributed by atoms with E-state index in [0.717, 1.165) is 19.0 Å². The summed E-state index contributed by atoms with van der Waals surface area (Å²) in [6.07, 6.45) is 5.84. The molecule has 1 aromatic heterocycles. The first-order valence-corrected chi connectivity index (χ1v) is 7.28. The fraction of sp³-hybridized carbons (Fsp3) is 0.571. The van der Waals surface area contributed by atoms with E-state index in [1.54, 1.807) is 0 Å². The Labute approximate surface area is 123 Å². The van der Waals surface area contributed by atoms with Crippen molar-refractivity contribution in [3.63, 3.8) is 0 Å². The van der Waals surface area contributed by atoms with Gasteiger partial charge >= 0.3 is 0 Å². The predicted molar refractivity (Wildman–Crippen MR) is 79.3 cm³/mol. The van der Waals surface area contributed by atoms with Gasteiger partial charge in [0.05, 0.1) is 10.5 Å². The highest BCUT2D eigenvalue weighted by Crippen LogP contribution is 2.24. The number of nitrogens with one attached hydrogen (secondary N) is 2. The largest absolute Gasteiger partial charge is 0.370 e. The van der Waals surface area contributed by atoms with Crippen LogP contribution in [0.1, 0.15) is 43.0 Å². The monoisotopic (exact) mass is 292 g/mol. The predicted octanol–water partition coefficient (Wildman–Crippen LogP) is 2.34. The molecule has 0 aliphatic heterocycles. The molecule has 1 aromatic rings. The maximum atomic E-state index is 12.3. The normalized spacial score (nSPS) is 14.9. The van der Waals surface area contributed by atoms with E-state index in [4.69, 9.17) is 0 Å². The fourth-order valence-electron chi connectivity index (χ4n) is 2.58. The lowest BCUT2D eigenvalue weighted by molar-refractivity contribution is -0.385. The van der Waals surface area contributed by atoms with Crippen LogP contribution in [0.2, 0.25) is 0 Å². The van der Waals surface area contributed by atoms with Crippen molar-refractivity contribution < 1.29 is 9.72 Å². The van der Waals surface area contributed by atoms with Crippen LogP contribution < -0.4 is 10.6 Å². The molecule has 0 saturated heterocycles. The molecule has 7 heteroatoms. The molecule has 1 amide bonds. The first-order valence-electron chi connectivity index (χ1n) is 7.28. The summed E-state index contributed by atoms with van der Waals surface area (Å²) in [6, 6.07) is 1.27. The van der Waals surface area contributed by atoms with Gasteiger partial charge in [0.25, 0.3) is 11.6 Å². The molecule has 0 bridgehead atoms. The Balaban J connectivity index is 2.11.